The predicted octanol–water partition coefficient (Wildman–Crippen LogP) is 4.22. The topological polar surface area (TPSA) is 132 Å². The van der Waals surface area contributed by atoms with Gasteiger partial charge in [0.25, 0.3) is 0 Å². The lowest BCUT2D eigenvalue weighted by Crippen LogP contribution is -2.44. The lowest BCUT2D eigenvalue weighted by atomic mass is 9.92. The summed E-state index contributed by atoms with van der Waals surface area (Å²) in [4.78, 5) is 38.1. The number of nitrogens with zero attached hydrogens (tertiary/aromatic N) is 7. The Hall–Kier alpha value is -4.45. The number of anilines is 2. The van der Waals surface area contributed by atoms with Gasteiger partial charge in [0.15, 0.2) is 11.6 Å². The third kappa shape index (κ3) is 4.97. The number of nitrogens with one attached hydrogen (secondary N) is 3. The number of rotatable bonds is 5. The summed E-state index contributed by atoms with van der Waals surface area (Å²) in [6.45, 7) is 9.62. The van der Waals surface area contributed by atoms with Crippen LogP contribution in [0.2, 0.25) is 0 Å². The van der Waals surface area contributed by atoms with E-state index >= 15 is 4.39 Å². The Kier molecular flexibility index (Phi) is 6.41. The Morgan fingerprint density at radius 2 is 1.80 bits per heavy atom. The number of imidazole rings is 1. The van der Waals surface area contributed by atoms with Gasteiger partial charge in [0.1, 0.15) is 16.9 Å². The highest BCUT2D eigenvalue weighted by molar-refractivity contribution is 5.97. The molecule has 5 aromatic heterocycles. The maximum Gasteiger partial charge on any atom is 0.224 e. The van der Waals surface area contributed by atoms with Crippen molar-refractivity contribution in [2.45, 2.75) is 27.2 Å². The van der Waals surface area contributed by atoms with E-state index in [9.17, 15) is 4.79 Å². The molecule has 40 heavy (non-hydrogen) atoms. The van der Waals surface area contributed by atoms with E-state index in [1.54, 1.807) is 12.3 Å². The molecule has 206 valence electrons. The van der Waals surface area contributed by atoms with E-state index in [1.807, 2.05) is 27.0 Å². The zero-order valence-electron chi connectivity index (χ0n) is 22.9. The molecule has 6 rings (SSSR count). The molecule has 0 aliphatic carbocycles. The first kappa shape index (κ1) is 25.8. The molecule has 1 amide bonds. The molecule has 5 aromatic rings. The van der Waals surface area contributed by atoms with Crippen LogP contribution in [-0.4, -0.2) is 79.2 Å². The molecule has 0 bridgehead atoms. The second-order valence-corrected chi connectivity index (χ2v) is 11.5. The number of pyridine rings is 3. The van der Waals surface area contributed by atoms with Gasteiger partial charge in [-0.2, -0.15) is 5.10 Å². The average molecular weight is 543 g/mol. The Morgan fingerprint density at radius 3 is 2.58 bits per heavy atom. The summed E-state index contributed by atoms with van der Waals surface area (Å²) in [5.41, 5.74) is 4.09. The van der Waals surface area contributed by atoms with Gasteiger partial charge < -0.3 is 20.1 Å². The van der Waals surface area contributed by atoms with Crippen molar-refractivity contribution in [2.75, 3.05) is 43.4 Å². The first-order valence-corrected chi connectivity index (χ1v) is 13.2. The van der Waals surface area contributed by atoms with Crippen molar-refractivity contribution in [1.82, 2.24) is 40.0 Å². The second kappa shape index (κ2) is 9.94. The predicted molar refractivity (Wildman–Crippen MR) is 152 cm³/mol. The highest BCUT2D eigenvalue weighted by Gasteiger charge is 2.23. The number of H-pyrrole nitrogens is 2. The van der Waals surface area contributed by atoms with Crippen LogP contribution in [0, 0.1) is 11.2 Å². The Morgan fingerprint density at radius 1 is 1.02 bits per heavy atom. The molecule has 0 atom stereocenters. The van der Waals surface area contributed by atoms with Crippen LogP contribution in [0.1, 0.15) is 27.2 Å². The molecule has 3 N–H and O–H groups in total. The molecular formula is C28H31FN10O. The number of aromatic amines is 2. The SMILES string of the molecule is CN1CCN(c2cncc3[nH]c(-c4n[nH]c5cnc(-c6cncc(NC(=O)CC(C)(C)C)c6)c(F)c45)nc23)CC1. The maximum absolute atomic E-state index is 16.1. The summed E-state index contributed by atoms with van der Waals surface area (Å²) in [7, 11) is 2.11. The fourth-order valence-corrected chi connectivity index (χ4v) is 4.98. The molecule has 0 spiro atoms. The van der Waals surface area contributed by atoms with Crippen molar-refractivity contribution in [3.8, 4) is 22.8 Å². The Labute approximate surface area is 230 Å². The summed E-state index contributed by atoms with van der Waals surface area (Å²) >= 11 is 0. The number of carbonyl (C=O) groups excluding carboxylic acids is 1. The number of fused-ring (bicyclic) bond motifs is 2. The fourth-order valence-electron chi connectivity index (χ4n) is 4.98. The number of piperazine rings is 1. The van der Waals surface area contributed by atoms with E-state index in [4.69, 9.17) is 4.98 Å². The summed E-state index contributed by atoms with van der Waals surface area (Å²) in [5, 5.41) is 10.4. The number of halogens is 1. The van der Waals surface area contributed by atoms with Gasteiger partial charge in [-0.15, -0.1) is 0 Å². The van der Waals surface area contributed by atoms with Crippen LogP contribution in [0.4, 0.5) is 15.8 Å². The molecular weight excluding hydrogens is 511 g/mol. The molecule has 0 radical (unpaired) electrons. The highest BCUT2D eigenvalue weighted by Crippen LogP contribution is 2.34. The summed E-state index contributed by atoms with van der Waals surface area (Å²) in [5.74, 6) is -0.260. The van der Waals surface area contributed by atoms with Crippen LogP contribution >= 0.6 is 0 Å². The quantitative estimate of drug-likeness (QED) is 0.301. The van der Waals surface area contributed by atoms with Crippen molar-refractivity contribution in [1.29, 1.82) is 0 Å². The third-order valence-electron chi connectivity index (χ3n) is 6.97. The number of hydrogen-bond donors (Lipinski definition) is 3. The number of amides is 1. The van der Waals surface area contributed by atoms with Crippen molar-refractivity contribution in [3.05, 3.63) is 42.9 Å². The molecule has 1 saturated heterocycles. The van der Waals surface area contributed by atoms with E-state index in [0.717, 1.165) is 42.9 Å². The van der Waals surface area contributed by atoms with Crippen LogP contribution in [0.15, 0.2) is 37.1 Å². The summed E-state index contributed by atoms with van der Waals surface area (Å²) < 4.78 is 16.1. The van der Waals surface area contributed by atoms with E-state index in [1.165, 1.54) is 18.6 Å². The highest BCUT2D eigenvalue weighted by atomic mass is 19.1. The fraction of sp³-hybridized carbons (Fsp3) is 0.357. The molecule has 6 heterocycles. The van der Waals surface area contributed by atoms with Gasteiger partial charge in [-0.3, -0.25) is 24.8 Å². The van der Waals surface area contributed by atoms with Crippen LogP contribution in [0.3, 0.4) is 0 Å². The second-order valence-electron chi connectivity index (χ2n) is 11.5. The van der Waals surface area contributed by atoms with Crippen molar-refractivity contribution >= 4 is 39.2 Å². The average Bonchev–Trinajstić information content (AvgIpc) is 3.53. The normalized spacial score (nSPS) is 14.8. The minimum absolute atomic E-state index is 0.102. The van der Waals surface area contributed by atoms with Gasteiger partial charge in [-0.1, -0.05) is 20.8 Å². The third-order valence-corrected chi connectivity index (χ3v) is 6.97. The molecule has 11 nitrogen and oxygen atoms in total. The first-order valence-electron chi connectivity index (χ1n) is 13.2. The molecule has 0 unspecified atom stereocenters. The van der Waals surface area contributed by atoms with E-state index in [2.05, 4.69) is 52.3 Å². The maximum atomic E-state index is 16.1. The van der Waals surface area contributed by atoms with Crippen LogP contribution in [-0.2, 0) is 4.79 Å². The molecule has 12 heteroatoms. The lowest BCUT2D eigenvalue weighted by Gasteiger charge is -2.33. The van der Waals surface area contributed by atoms with Crippen molar-refractivity contribution < 1.29 is 9.18 Å². The van der Waals surface area contributed by atoms with Gasteiger partial charge >= 0.3 is 0 Å². The zero-order chi connectivity index (χ0) is 28.0. The van der Waals surface area contributed by atoms with Gasteiger partial charge in [-0.25, -0.2) is 9.37 Å². The lowest BCUT2D eigenvalue weighted by molar-refractivity contribution is -0.117. The van der Waals surface area contributed by atoms with Crippen LogP contribution in [0.25, 0.3) is 44.7 Å². The number of carbonyl (C=O) groups is 1. The standard InChI is InChI=1S/C28H31FN10O/c1-28(2,3)10-21(40)33-17-9-16(11-30-12-17)24-23(29)22-18(14-32-24)36-37-26(22)27-34-19-13-31-15-20(25(19)35-27)39-7-5-38(4)6-8-39/h9,11-15H,5-8,10H2,1-4H3,(H,33,40)(H,34,35)(H,36,37). The zero-order valence-corrected chi connectivity index (χ0v) is 22.9. The Bertz CT molecular complexity index is 1710. The van der Waals surface area contributed by atoms with Crippen molar-refractivity contribution in [3.63, 3.8) is 0 Å². The molecule has 0 aromatic carbocycles. The minimum Gasteiger partial charge on any atom is -0.366 e. The number of aromatic nitrogens is 7. The number of hydrogen-bond acceptors (Lipinski definition) is 8. The number of likely N-dealkylation sites (N-methyl/N-ethyl adjacent to an activating group) is 1. The molecule has 0 saturated carbocycles. The van der Waals surface area contributed by atoms with E-state index in [0.29, 0.717) is 34.7 Å². The van der Waals surface area contributed by atoms with Crippen LogP contribution in [0.5, 0.6) is 0 Å². The van der Waals surface area contributed by atoms with Gasteiger partial charge in [-0.05, 0) is 18.5 Å². The van der Waals surface area contributed by atoms with Gasteiger partial charge in [0.2, 0.25) is 5.91 Å². The van der Waals surface area contributed by atoms with Gasteiger partial charge in [0, 0.05) is 44.4 Å². The monoisotopic (exact) mass is 542 g/mol. The van der Waals surface area contributed by atoms with Crippen LogP contribution < -0.4 is 10.2 Å². The summed E-state index contributed by atoms with van der Waals surface area (Å²) in [6.07, 6.45) is 8.47. The summed E-state index contributed by atoms with van der Waals surface area (Å²) in [6, 6.07) is 1.67. The largest absolute Gasteiger partial charge is 0.366 e. The van der Waals surface area contributed by atoms with Gasteiger partial charge in [0.05, 0.1) is 52.6 Å². The van der Waals surface area contributed by atoms with E-state index in [-0.39, 0.29) is 22.4 Å². The molecule has 1 aliphatic rings. The minimum atomic E-state index is -0.556. The van der Waals surface area contributed by atoms with E-state index < -0.39 is 5.82 Å². The smallest absolute Gasteiger partial charge is 0.224 e. The molecule has 1 aliphatic heterocycles. The van der Waals surface area contributed by atoms with Crippen molar-refractivity contribution in [2.24, 2.45) is 5.41 Å². The molecule has 1 fully saturated rings. The Balaban J connectivity index is 1.36. The first-order chi connectivity index (χ1) is 19.2.